The van der Waals surface area contributed by atoms with Crippen LogP contribution in [0.5, 0.6) is 0 Å². The molecule has 1 saturated heterocycles. The summed E-state index contributed by atoms with van der Waals surface area (Å²) < 4.78 is 13.7. The molecule has 1 aromatic rings. The molecule has 2 rings (SSSR count). The van der Waals surface area contributed by atoms with Crippen LogP contribution in [0.25, 0.3) is 0 Å². The summed E-state index contributed by atoms with van der Waals surface area (Å²) in [5, 5.41) is 9.56. The van der Waals surface area contributed by atoms with Gasteiger partial charge >= 0.3 is 0 Å². The van der Waals surface area contributed by atoms with Crippen molar-refractivity contribution in [3.05, 3.63) is 34.1 Å². The molecular formula is C11H13BrFNO. The van der Waals surface area contributed by atoms with Gasteiger partial charge in [-0.25, -0.2) is 4.39 Å². The Bertz CT molecular complexity index is 373. The number of benzene rings is 1. The summed E-state index contributed by atoms with van der Waals surface area (Å²) in [6.45, 7) is 3.78. The van der Waals surface area contributed by atoms with Crippen molar-refractivity contribution < 1.29 is 9.50 Å². The molecule has 0 saturated carbocycles. The molecule has 82 valence electrons. The zero-order valence-electron chi connectivity index (χ0n) is 8.50. The van der Waals surface area contributed by atoms with Crippen LogP contribution in [0.15, 0.2) is 22.7 Å². The molecule has 0 aromatic heterocycles. The second-order valence-electron chi connectivity index (χ2n) is 4.36. The summed E-state index contributed by atoms with van der Waals surface area (Å²) >= 11 is 3.23. The van der Waals surface area contributed by atoms with Gasteiger partial charge < -0.3 is 5.11 Å². The summed E-state index contributed by atoms with van der Waals surface area (Å²) in [6, 6.07) is 5.02. The van der Waals surface area contributed by atoms with E-state index in [1.807, 2.05) is 13.0 Å². The van der Waals surface area contributed by atoms with E-state index in [1.165, 1.54) is 6.07 Å². The monoisotopic (exact) mass is 273 g/mol. The number of rotatable bonds is 2. The largest absolute Gasteiger partial charge is 0.388 e. The van der Waals surface area contributed by atoms with Gasteiger partial charge in [-0.1, -0.05) is 12.1 Å². The molecule has 0 atom stereocenters. The van der Waals surface area contributed by atoms with E-state index >= 15 is 0 Å². The SMILES string of the molecule is CC1(O)CN(Cc2cccc(F)c2Br)C1. The second-order valence-corrected chi connectivity index (χ2v) is 5.15. The number of hydrogen-bond acceptors (Lipinski definition) is 2. The smallest absolute Gasteiger partial charge is 0.137 e. The third-order valence-electron chi connectivity index (χ3n) is 2.55. The summed E-state index contributed by atoms with van der Waals surface area (Å²) in [5.41, 5.74) is 0.352. The van der Waals surface area contributed by atoms with E-state index < -0.39 is 5.60 Å². The van der Waals surface area contributed by atoms with Crippen LogP contribution >= 0.6 is 15.9 Å². The van der Waals surface area contributed by atoms with Crippen LogP contribution < -0.4 is 0 Å². The molecule has 0 spiro atoms. The molecule has 0 amide bonds. The van der Waals surface area contributed by atoms with Gasteiger partial charge in [0, 0.05) is 19.6 Å². The van der Waals surface area contributed by atoms with Crippen molar-refractivity contribution >= 4 is 15.9 Å². The average Bonchev–Trinajstić information content (AvgIpc) is 2.10. The normalized spacial score (nSPS) is 20.0. The molecule has 1 aliphatic heterocycles. The Labute approximate surface area is 96.8 Å². The first kappa shape index (κ1) is 11.0. The fraction of sp³-hybridized carbons (Fsp3) is 0.455. The Morgan fingerprint density at radius 2 is 2.20 bits per heavy atom. The highest BCUT2D eigenvalue weighted by molar-refractivity contribution is 9.10. The van der Waals surface area contributed by atoms with Crippen LogP contribution in [0.2, 0.25) is 0 Å². The fourth-order valence-corrected chi connectivity index (χ4v) is 2.33. The van der Waals surface area contributed by atoms with E-state index in [0.29, 0.717) is 24.1 Å². The molecule has 0 radical (unpaired) electrons. The van der Waals surface area contributed by atoms with Crippen LogP contribution in [0.4, 0.5) is 4.39 Å². The highest BCUT2D eigenvalue weighted by Crippen LogP contribution is 2.26. The van der Waals surface area contributed by atoms with Gasteiger partial charge in [0.25, 0.3) is 0 Å². The Hall–Kier alpha value is -0.450. The van der Waals surface area contributed by atoms with Crippen LogP contribution in [-0.2, 0) is 6.54 Å². The average molecular weight is 274 g/mol. The van der Waals surface area contributed by atoms with Crippen molar-refractivity contribution in [1.82, 2.24) is 4.90 Å². The molecule has 1 aromatic carbocycles. The molecule has 0 aliphatic carbocycles. The minimum Gasteiger partial charge on any atom is -0.388 e. The van der Waals surface area contributed by atoms with Gasteiger partial charge in [-0.15, -0.1) is 0 Å². The standard InChI is InChI=1S/C11H13BrFNO/c1-11(15)6-14(7-11)5-8-3-2-4-9(13)10(8)12/h2-4,15H,5-7H2,1H3. The van der Waals surface area contributed by atoms with Gasteiger partial charge in [0.05, 0.1) is 10.1 Å². The van der Waals surface area contributed by atoms with E-state index in [9.17, 15) is 9.50 Å². The maximum atomic E-state index is 13.2. The molecule has 15 heavy (non-hydrogen) atoms. The number of halogens is 2. The molecule has 1 aliphatic rings. The molecule has 2 nitrogen and oxygen atoms in total. The molecule has 1 N–H and O–H groups in total. The van der Waals surface area contributed by atoms with Crippen LogP contribution in [-0.4, -0.2) is 28.7 Å². The van der Waals surface area contributed by atoms with E-state index in [4.69, 9.17) is 0 Å². The van der Waals surface area contributed by atoms with Crippen molar-refractivity contribution in [2.24, 2.45) is 0 Å². The van der Waals surface area contributed by atoms with E-state index in [-0.39, 0.29) is 5.82 Å². The van der Waals surface area contributed by atoms with Crippen molar-refractivity contribution in [3.8, 4) is 0 Å². The fourth-order valence-electron chi connectivity index (χ4n) is 1.94. The maximum absolute atomic E-state index is 13.2. The second kappa shape index (κ2) is 3.85. The summed E-state index contributed by atoms with van der Waals surface area (Å²) in [6.07, 6.45) is 0. The van der Waals surface area contributed by atoms with E-state index in [2.05, 4.69) is 20.8 Å². The molecule has 0 unspecified atom stereocenters. The summed E-state index contributed by atoms with van der Waals surface area (Å²) in [4.78, 5) is 2.08. The maximum Gasteiger partial charge on any atom is 0.137 e. The minimum atomic E-state index is -0.570. The lowest BCUT2D eigenvalue weighted by atomic mass is 9.96. The van der Waals surface area contributed by atoms with Crippen molar-refractivity contribution in [2.75, 3.05) is 13.1 Å². The number of β-amino-alcohol motifs (C(OH)–C–C–N with tert-alkyl or cyclic N) is 1. The molecule has 0 bridgehead atoms. The summed E-state index contributed by atoms with van der Waals surface area (Å²) in [5.74, 6) is -0.236. The lowest BCUT2D eigenvalue weighted by Crippen LogP contribution is -2.59. The van der Waals surface area contributed by atoms with Crippen LogP contribution in [0.3, 0.4) is 0 Å². The number of likely N-dealkylation sites (tertiary alicyclic amines) is 1. The topological polar surface area (TPSA) is 23.5 Å². The van der Waals surface area contributed by atoms with Gasteiger partial charge in [-0.3, -0.25) is 4.90 Å². The third kappa shape index (κ3) is 2.38. The van der Waals surface area contributed by atoms with Crippen LogP contribution in [0, 0.1) is 5.82 Å². The predicted molar refractivity (Wildman–Crippen MR) is 60.0 cm³/mol. The highest BCUT2D eigenvalue weighted by Gasteiger charge is 2.36. The Morgan fingerprint density at radius 1 is 1.53 bits per heavy atom. The molecule has 1 fully saturated rings. The minimum absolute atomic E-state index is 0.236. The Kier molecular flexibility index (Phi) is 2.83. The van der Waals surface area contributed by atoms with Crippen LogP contribution in [0.1, 0.15) is 12.5 Å². The number of nitrogens with zero attached hydrogens (tertiary/aromatic N) is 1. The lowest BCUT2D eigenvalue weighted by molar-refractivity contribution is -0.0872. The Balaban J connectivity index is 2.03. The van der Waals surface area contributed by atoms with Gasteiger partial charge in [0.15, 0.2) is 0 Å². The van der Waals surface area contributed by atoms with Crippen molar-refractivity contribution in [3.63, 3.8) is 0 Å². The van der Waals surface area contributed by atoms with Crippen molar-refractivity contribution in [1.29, 1.82) is 0 Å². The van der Waals surface area contributed by atoms with Gasteiger partial charge in [-0.2, -0.15) is 0 Å². The lowest BCUT2D eigenvalue weighted by Gasteiger charge is -2.44. The van der Waals surface area contributed by atoms with E-state index in [1.54, 1.807) is 6.07 Å². The molecular weight excluding hydrogens is 261 g/mol. The van der Waals surface area contributed by atoms with Gasteiger partial charge in [0.1, 0.15) is 5.82 Å². The number of hydrogen-bond donors (Lipinski definition) is 1. The van der Waals surface area contributed by atoms with Gasteiger partial charge in [0.2, 0.25) is 0 Å². The predicted octanol–water partition coefficient (Wildman–Crippen LogP) is 2.15. The third-order valence-corrected chi connectivity index (χ3v) is 3.44. The van der Waals surface area contributed by atoms with E-state index in [0.717, 1.165) is 5.56 Å². The first-order chi connectivity index (χ1) is 6.98. The number of aliphatic hydroxyl groups is 1. The summed E-state index contributed by atoms with van der Waals surface area (Å²) in [7, 11) is 0. The zero-order chi connectivity index (χ0) is 11.1. The Morgan fingerprint density at radius 3 is 2.80 bits per heavy atom. The molecule has 1 heterocycles. The van der Waals surface area contributed by atoms with Crippen molar-refractivity contribution in [2.45, 2.75) is 19.1 Å². The highest BCUT2D eigenvalue weighted by atomic mass is 79.9. The zero-order valence-corrected chi connectivity index (χ0v) is 10.1. The first-order valence-electron chi connectivity index (χ1n) is 4.85. The van der Waals surface area contributed by atoms with Gasteiger partial charge in [-0.05, 0) is 34.5 Å². The first-order valence-corrected chi connectivity index (χ1v) is 5.65. The quantitative estimate of drug-likeness (QED) is 0.893. The molecule has 4 heteroatoms.